The molecule has 2 aromatic carbocycles. The maximum absolute atomic E-state index is 14.2. The Morgan fingerprint density at radius 1 is 1.18 bits per heavy atom. The molecule has 1 fully saturated rings. The molecule has 3 aromatic rings. The average molecular weight is 486 g/mol. The number of hydrogen-bond acceptors (Lipinski definition) is 4. The standard InChI is InChI=1S/C24H25ClFN5O3/c1-28-15-11-20(21(32)10-9-14-5-4-7-17(25)22(14)26)31(12-15)24(34)29-18-13-30(23(27)33)19-8-3-2-6-16(18)19/h2-8,13,15,20,28H,9-12H2,1H3,(H2,27,33)(H,29,34)/t15-,20-/m0/s1. The number of hydrogen-bond donors (Lipinski definition) is 3. The van der Waals surface area contributed by atoms with Gasteiger partial charge in [-0.05, 0) is 37.6 Å². The molecule has 1 saturated heterocycles. The number of urea groups is 1. The number of fused-ring (bicyclic) bond motifs is 1. The van der Waals surface area contributed by atoms with Gasteiger partial charge < -0.3 is 21.3 Å². The lowest BCUT2D eigenvalue weighted by Gasteiger charge is -2.24. The molecule has 8 nitrogen and oxygen atoms in total. The SMILES string of the molecule is CN[C@H]1C[C@@H](C(=O)CCc2cccc(Cl)c2F)N(C(=O)Nc2cn(C(N)=O)c3ccccc23)C1. The highest BCUT2D eigenvalue weighted by atomic mass is 35.5. The molecule has 0 spiro atoms. The van der Waals surface area contributed by atoms with E-state index in [1.165, 1.54) is 21.7 Å². The Kier molecular flexibility index (Phi) is 6.85. The number of likely N-dealkylation sites (tertiary alicyclic amines) is 1. The number of ketones is 1. The summed E-state index contributed by atoms with van der Waals surface area (Å²) in [6.07, 6.45) is 2.18. The van der Waals surface area contributed by atoms with Crippen LogP contribution in [0.25, 0.3) is 10.9 Å². The number of rotatable bonds is 6. The molecular weight excluding hydrogens is 461 g/mol. The maximum atomic E-state index is 14.2. The van der Waals surface area contributed by atoms with Gasteiger partial charge in [0.1, 0.15) is 5.82 Å². The van der Waals surface area contributed by atoms with E-state index in [9.17, 15) is 18.8 Å². The third-order valence-corrected chi connectivity index (χ3v) is 6.50. The predicted molar refractivity (Wildman–Crippen MR) is 129 cm³/mol. The van der Waals surface area contributed by atoms with E-state index in [0.717, 1.165) is 0 Å². The quantitative estimate of drug-likeness (QED) is 0.494. The van der Waals surface area contributed by atoms with E-state index < -0.39 is 23.9 Å². The number of benzene rings is 2. The molecule has 2 heterocycles. The number of nitrogens with one attached hydrogen (secondary N) is 2. The summed E-state index contributed by atoms with van der Waals surface area (Å²) in [6, 6.07) is 9.89. The smallest absolute Gasteiger partial charge is 0.323 e. The molecule has 0 bridgehead atoms. The van der Waals surface area contributed by atoms with E-state index in [1.54, 1.807) is 43.4 Å². The molecule has 4 N–H and O–H groups in total. The Hall–Kier alpha value is -3.43. The first-order valence-electron chi connectivity index (χ1n) is 10.9. The van der Waals surface area contributed by atoms with Gasteiger partial charge in [0.25, 0.3) is 0 Å². The molecule has 1 aliphatic rings. The van der Waals surface area contributed by atoms with Crippen LogP contribution in [0.1, 0.15) is 18.4 Å². The van der Waals surface area contributed by atoms with Gasteiger partial charge in [-0.25, -0.2) is 14.0 Å². The highest BCUT2D eigenvalue weighted by molar-refractivity contribution is 6.30. The van der Waals surface area contributed by atoms with Crippen molar-refractivity contribution < 1.29 is 18.8 Å². The minimum Gasteiger partial charge on any atom is -0.351 e. The van der Waals surface area contributed by atoms with Crippen LogP contribution in [0.3, 0.4) is 0 Å². The van der Waals surface area contributed by atoms with Crippen LogP contribution in [0.15, 0.2) is 48.7 Å². The van der Waals surface area contributed by atoms with Crippen molar-refractivity contribution in [1.82, 2.24) is 14.8 Å². The van der Waals surface area contributed by atoms with Crippen molar-refractivity contribution in [2.75, 3.05) is 18.9 Å². The first-order valence-corrected chi connectivity index (χ1v) is 11.3. The topological polar surface area (TPSA) is 109 Å². The fraction of sp³-hybridized carbons (Fsp3) is 0.292. The average Bonchev–Trinajstić information content (AvgIpc) is 3.42. The van der Waals surface area contributed by atoms with Gasteiger partial charge in [0.2, 0.25) is 0 Å². The molecule has 0 saturated carbocycles. The van der Waals surface area contributed by atoms with Gasteiger partial charge in [-0.15, -0.1) is 0 Å². The van der Waals surface area contributed by atoms with Gasteiger partial charge in [-0.3, -0.25) is 9.36 Å². The number of aryl methyl sites for hydroxylation is 1. The van der Waals surface area contributed by atoms with E-state index in [2.05, 4.69) is 10.6 Å². The number of carbonyl (C=O) groups is 3. The van der Waals surface area contributed by atoms with E-state index in [1.807, 2.05) is 0 Å². The van der Waals surface area contributed by atoms with E-state index in [0.29, 0.717) is 35.1 Å². The van der Waals surface area contributed by atoms with Crippen LogP contribution in [0, 0.1) is 5.82 Å². The maximum Gasteiger partial charge on any atom is 0.323 e. The van der Waals surface area contributed by atoms with Crippen molar-refractivity contribution in [2.24, 2.45) is 5.73 Å². The molecule has 4 rings (SSSR count). The molecule has 34 heavy (non-hydrogen) atoms. The molecule has 2 atom stereocenters. The fourth-order valence-electron chi connectivity index (χ4n) is 4.39. The van der Waals surface area contributed by atoms with E-state index in [-0.39, 0.29) is 29.7 Å². The first-order chi connectivity index (χ1) is 16.3. The molecule has 0 unspecified atom stereocenters. The lowest BCUT2D eigenvalue weighted by Crippen LogP contribution is -2.43. The van der Waals surface area contributed by atoms with Crippen molar-refractivity contribution in [3.8, 4) is 0 Å². The van der Waals surface area contributed by atoms with Gasteiger partial charge in [0.15, 0.2) is 5.78 Å². The summed E-state index contributed by atoms with van der Waals surface area (Å²) in [5, 5.41) is 6.61. The number of halogens is 2. The highest BCUT2D eigenvalue weighted by Crippen LogP contribution is 2.28. The van der Waals surface area contributed by atoms with Crippen LogP contribution in [0.2, 0.25) is 5.02 Å². The number of amides is 3. The summed E-state index contributed by atoms with van der Waals surface area (Å²) in [5.41, 5.74) is 6.80. The zero-order valence-electron chi connectivity index (χ0n) is 18.6. The molecule has 178 valence electrons. The summed E-state index contributed by atoms with van der Waals surface area (Å²) in [7, 11) is 1.77. The molecule has 1 aromatic heterocycles. The van der Waals surface area contributed by atoms with Crippen LogP contribution in [0.4, 0.5) is 19.7 Å². The number of aromatic nitrogens is 1. The minimum atomic E-state index is -0.672. The number of para-hydroxylation sites is 1. The van der Waals surface area contributed by atoms with Gasteiger partial charge >= 0.3 is 12.1 Å². The monoisotopic (exact) mass is 485 g/mol. The molecule has 0 aliphatic carbocycles. The second-order valence-corrected chi connectivity index (χ2v) is 8.67. The number of nitrogens with two attached hydrogens (primary N) is 1. The number of primary amides is 1. The van der Waals surface area contributed by atoms with E-state index >= 15 is 0 Å². The Morgan fingerprint density at radius 3 is 2.68 bits per heavy atom. The van der Waals surface area contributed by atoms with Crippen LogP contribution in [-0.4, -0.2) is 53.0 Å². The Morgan fingerprint density at radius 2 is 1.94 bits per heavy atom. The van der Waals surface area contributed by atoms with Crippen molar-refractivity contribution in [3.63, 3.8) is 0 Å². The third kappa shape index (κ3) is 4.62. The van der Waals surface area contributed by atoms with Gasteiger partial charge in [-0.1, -0.05) is 41.9 Å². The summed E-state index contributed by atoms with van der Waals surface area (Å²) in [6.45, 7) is 0.332. The summed E-state index contributed by atoms with van der Waals surface area (Å²) in [4.78, 5) is 39.6. The van der Waals surface area contributed by atoms with Crippen molar-refractivity contribution in [3.05, 3.63) is 65.1 Å². The number of anilines is 1. The Bertz CT molecular complexity index is 1260. The highest BCUT2D eigenvalue weighted by Gasteiger charge is 2.39. The summed E-state index contributed by atoms with van der Waals surface area (Å²) >= 11 is 5.84. The Balaban J connectivity index is 1.52. The summed E-state index contributed by atoms with van der Waals surface area (Å²) < 4.78 is 15.5. The zero-order valence-corrected chi connectivity index (χ0v) is 19.3. The minimum absolute atomic E-state index is 0.0113. The normalized spacial score (nSPS) is 17.8. The largest absolute Gasteiger partial charge is 0.351 e. The van der Waals surface area contributed by atoms with Crippen molar-refractivity contribution >= 4 is 46.0 Å². The lowest BCUT2D eigenvalue weighted by atomic mass is 10.0. The number of carbonyl (C=O) groups excluding carboxylic acids is 3. The molecule has 3 amide bonds. The lowest BCUT2D eigenvalue weighted by molar-refractivity contribution is -0.122. The Labute approximate surface area is 200 Å². The zero-order chi connectivity index (χ0) is 24.4. The van der Waals surface area contributed by atoms with Gasteiger partial charge in [0, 0.05) is 30.6 Å². The number of nitrogens with zero attached hydrogens (tertiary/aromatic N) is 2. The fourth-order valence-corrected chi connectivity index (χ4v) is 4.58. The summed E-state index contributed by atoms with van der Waals surface area (Å²) in [5.74, 6) is -0.691. The number of Topliss-reactive ketones (excluding diaryl/α,β-unsaturated/α-hetero) is 1. The van der Waals surface area contributed by atoms with E-state index in [4.69, 9.17) is 17.3 Å². The molecular formula is C24H25ClFN5O3. The predicted octanol–water partition coefficient (Wildman–Crippen LogP) is 3.76. The van der Waals surface area contributed by atoms with Crippen molar-refractivity contribution in [1.29, 1.82) is 0 Å². The van der Waals surface area contributed by atoms with Crippen LogP contribution < -0.4 is 16.4 Å². The molecule has 10 heteroatoms. The first kappa shape index (κ1) is 23.7. The van der Waals surface area contributed by atoms with Gasteiger partial charge in [0.05, 0.1) is 22.3 Å². The molecule has 0 radical (unpaired) electrons. The van der Waals surface area contributed by atoms with Gasteiger partial charge in [-0.2, -0.15) is 0 Å². The number of likely N-dealkylation sites (N-methyl/N-ethyl adjacent to an activating group) is 1. The van der Waals surface area contributed by atoms with Crippen LogP contribution in [-0.2, 0) is 11.2 Å². The second-order valence-electron chi connectivity index (χ2n) is 8.27. The molecule has 1 aliphatic heterocycles. The van der Waals surface area contributed by atoms with Crippen LogP contribution in [0.5, 0.6) is 0 Å². The second kappa shape index (κ2) is 9.82. The van der Waals surface area contributed by atoms with Crippen LogP contribution >= 0.6 is 11.6 Å². The third-order valence-electron chi connectivity index (χ3n) is 6.21. The van der Waals surface area contributed by atoms with Crippen molar-refractivity contribution in [2.45, 2.75) is 31.3 Å².